The maximum atomic E-state index is 11.4. The van der Waals surface area contributed by atoms with Crippen molar-refractivity contribution in [2.75, 3.05) is 6.61 Å². The van der Waals surface area contributed by atoms with E-state index in [2.05, 4.69) is 19.2 Å². The molecule has 1 aliphatic heterocycles. The normalized spacial score (nSPS) is 30.6. The third-order valence-corrected chi connectivity index (χ3v) is 4.56. The first-order valence-electron chi connectivity index (χ1n) is 8.53. The first-order chi connectivity index (χ1) is 11.9. The summed E-state index contributed by atoms with van der Waals surface area (Å²) in [4.78, 5) is 11.4. The topological polar surface area (TPSA) is 108 Å². The minimum absolute atomic E-state index is 0.386. The number of aliphatic hydroxyl groups is 3. The van der Waals surface area contributed by atoms with Crippen LogP contribution in [0.5, 0.6) is 5.75 Å². The van der Waals surface area contributed by atoms with Gasteiger partial charge in [0.25, 0.3) is 0 Å². The second kappa shape index (κ2) is 8.62. The number of aliphatic hydroxyl groups excluding tert-OH is 3. The molecule has 0 unspecified atom stereocenters. The Kier molecular flexibility index (Phi) is 6.78. The summed E-state index contributed by atoms with van der Waals surface area (Å²) in [5.41, 5.74) is 1.18. The van der Waals surface area contributed by atoms with E-state index in [1.165, 1.54) is 12.5 Å². The summed E-state index contributed by atoms with van der Waals surface area (Å²) in [6.45, 7) is 5.08. The molecule has 1 saturated heterocycles. The summed E-state index contributed by atoms with van der Waals surface area (Å²) in [7, 11) is 0. The molecule has 1 amide bonds. The van der Waals surface area contributed by atoms with Gasteiger partial charge in [0.2, 0.25) is 12.2 Å². The Labute approximate surface area is 147 Å². The summed E-state index contributed by atoms with van der Waals surface area (Å²) in [5, 5.41) is 32.1. The lowest BCUT2D eigenvalue weighted by molar-refractivity contribution is -0.244. The van der Waals surface area contributed by atoms with Crippen LogP contribution in [0.3, 0.4) is 0 Å². The molecule has 140 valence electrons. The van der Waals surface area contributed by atoms with Crippen LogP contribution in [0.1, 0.15) is 38.7 Å². The highest BCUT2D eigenvalue weighted by Crippen LogP contribution is 2.26. The van der Waals surface area contributed by atoms with E-state index in [9.17, 15) is 20.1 Å². The highest BCUT2D eigenvalue weighted by molar-refractivity contribution is 5.73. The summed E-state index contributed by atoms with van der Waals surface area (Å²) < 4.78 is 11.3. The van der Waals surface area contributed by atoms with Crippen LogP contribution in [0.2, 0.25) is 0 Å². The zero-order chi connectivity index (χ0) is 18.6. The van der Waals surface area contributed by atoms with E-state index >= 15 is 0 Å². The van der Waals surface area contributed by atoms with Crippen molar-refractivity contribution in [3.63, 3.8) is 0 Å². The number of carbonyl (C=O) groups is 1. The van der Waals surface area contributed by atoms with Crippen LogP contribution < -0.4 is 10.1 Å². The van der Waals surface area contributed by atoms with E-state index in [0.717, 1.165) is 6.42 Å². The van der Waals surface area contributed by atoms with Crippen molar-refractivity contribution in [2.45, 2.75) is 63.8 Å². The van der Waals surface area contributed by atoms with Crippen molar-refractivity contribution in [3.05, 3.63) is 29.8 Å². The number of amides is 1. The highest BCUT2D eigenvalue weighted by atomic mass is 16.7. The number of rotatable bonds is 6. The Morgan fingerprint density at radius 2 is 1.92 bits per heavy atom. The van der Waals surface area contributed by atoms with E-state index < -0.39 is 37.3 Å². The molecular formula is C18H27NO6. The summed E-state index contributed by atoms with van der Waals surface area (Å²) in [5.74, 6) is 0.554. The molecule has 0 saturated carbocycles. The van der Waals surface area contributed by atoms with Crippen LogP contribution in [0, 0.1) is 0 Å². The average Bonchev–Trinajstić information content (AvgIpc) is 2.60. The van der Waals surface area contributed by atoms with Gasteiger partial charge in [-0.2, -0.15) is 0 Å². The first-order valence-corrected chi connectivity index (χ1v) is 8.53. The minimum Gasteiger partial charge on any atom is -0.463 e. The van der Waals surface area contributed by atoms with E-state index in [1.807, 2.05) is 12.1 Å². The molecule has 7 nitrogen and oxygen atoms in total. The van der Waals surface area contributed by atoms with Crippen LogP contribution in [0.25, 0.3) is 0 Å². The summed E-state index contributed by atoms with van der Waals surface area (Å²) in [6, 6.07) is 6.54. The molecule has 4 N–H and O–H groups in total. The molecule has 1 aromatic rings. The molecule has 6 atom stereocenters. The van der Waals surface area contributed by atoms with Gasteiger partial charge in [0.05, 0.1) is 6.61 Å². The second-order valence-electron chi connectivity index (χ2n) is 6.43. The van der Waals surface area contributed by atoms with E-state index in [4.69, 9.17) is 9.47 Å². The molecule has 0 spiro atoms. The molecule has 2 rings (SSSR count). The smallest absolute Gasteiger partial charge is 0.223 e. The minimum atomic E-state index is -1.32. The third-order valence-electron chi connectivity index (χ3n) is 4.56. The fourth-order valence-corrected chi connectivity index (χ4v) is 2.82. The Hall–Kier alpha value is -1.67. The number of benzene rings is 1. The van der Waals surface area contributed by atoms with Crippen LogP contribution in [0.15, 0.2) is 24.3 Å². The zero-order valence-corrected chi connectivity index (χ0v) is 14.8. The van der Waals surface area contributed by atoms with Crippen LogP contribution in [0.4, 0.5) is 0 Å². The van der Waals surface area contributed by atoms with Gasteiger partial charge in [-0.1, -0.05) is 26.0 Å². The third kappa shape index (κ3) is 4.70. The molecule has 0 aliphatic carbocycles. The standard InChI is InChI=1S/C18H27NO6/c1-4-10(2)12-5-7-13(8-6-12)24-18-15(19-11(3)21)17(23)16(22)14(9-20)25-18/h5-8,10,14-18,20,22-23H,4,9H2,1-3H3,(H,19,21)/t10-,14-,15+,16+,17-,18-/m0/s1. The number of carbonyl (C=O) groups excluding carboxylic acids is 1. The van der Waals surface area contributed by atoms with Crippen LogP contribution >= 0.6 is 0 Å². The second-order valence-corrected chi connectivity index (χ2v) is 6.43. The van der Waals surface area contributed by atoms with Gasteiger partial charge in [-0.25, -0.2) is 0 Å². The lowest BCUT2D eigenvalue weighted by atomic mass is 9.97. The van der Waals surface area contributed by atoms with Gasteiger partial charge in [0, 0.05) is 6.92 Å². The fraction of sp³-hybridized carbons (Fsp3) is 0.611. The van der Waals surface area contributed by atoms with Gasteiger partial charge < -0.3 is 30.1 Å². The SMILES string of the molecule is CC[C@H](C)c1ccc(O[C@H]2O[C@@H](CO)[C@@H](O)[C@@H](O)[C@H]2NC(C)=O)cc1. The largest absolute Gasteiger partial charge is 0.463 e. The van der Waals surface area contributed by atoms with E-state index in [0.29, 0.717) is 11.7 Å². The molecule has 0 bridgehead atoms. The fourth-order valence-electron chi connectivity index (χ4n) is 2.82. The molecule has 0 radical (unpaired) electrons. The van der Waals surface area contributed by atoms with Crippen molar-refractivity contribution in [1.29, 1.82) is 0 Å². The zero-order valence-electron chi connectivity index (χ0n) is 14.8. The number of nitrogens with one attached hydrogen (secondary N) is 1. The number of hydrogen-bond donors (Lipinski definition) is 4. The van der Waals surface area contributed by atoms with Crippen LogP contribution in [-0.2, 0) is 9.53 Å². The van der Waals surface area contributed by atoms with Gasteiger partial charge >= 0.3 is 0 Å². The first kappa shape index (κ1) is 19.7. The van der Waals surface area contributed by atoms with Gasteiger partial charge in [0.15, 0.2) is 0 Å². The number of ether oxygens (including phenoxy) is 2. The van der Waals surface area contributed by atoms with Crippen molar-refractivity contribution in [1.82, 2.24) is 5.32 Å². The van der Waals surface area contributed by atoms with Crippen molar-refractivity contribution in [3.8, 4) is 5.75 Å². The molecule has 1 aromatic carbocycles. The maximum absolute atomic E-state index is 11.4. The predicted octanol–water partition coefficient (Wildman–Crippen LogP) is 0.523. The summed E-state index contributed by atoms with van der Waals surface area (Å²) in [6.07, 6.45) is -3.65. The van der Waals surface area contributed by atoms with Crippen molar-refractivity contribution < 1.29 is 29.6 Å². The van der Waals surface area contributed by atoms with E-state index in [-0.39, 0.29) is 5.91 Å². The Balaban J connectivity index is 2.16. The molecule has 1 heterocycles. The molecule has 25 heavy (non-hydrogen) atoms. The monoisotopic (exact) mass is 353 g/mol. The molecule has 7 heteroatoms. The van der Waals surface area contributed by atoms with Crippen molar-refractivity contribution >= 4 is 5.91 Å². The molecule has 1 fully saturated rings. The van der Waals surface area contributed by atoms with Crippen molar-refractivity contribution in [2.24, 2.45) is 0 Å². The Morgan fingerprint density at radius 1 is 1.28 bits per heavy atom. The quantitative estimate of drug-likeness (QED) is 0.594. The molecule has 1 aliphatic rings. The lowest BCUT2D eigenvalue weighted by Crippen LogP contribution is -2.65. The number of hydrogen-bond acceptors (Lipinski definition) is 6. The molecule has 0 aromatic heterocycles. The lowest BCUT2D eigenvalue weighted by Gasteiger charge is -2.42. The Bertz CT molecular complexity index is 563. The van der Waals surface area contributed by atoms with Gasteiger partial charge in [0.1, 0.15) is 30.1 Å². The predicted molar refractivity (Wildman–Crippen MR) is 91.1 cm³/mol. The average molecular weight is 353 g/mol. The Morgan fingerprint density at radius 3 is 2.44 bits per heavy atom. The van der Waals surface area contributed by atoms with Gasteiger partial charge in [-0.3, -0.25) is 4.79 Å². The highest BCUT2D eigenvalue weighted by Gasteiger charge is 2.46. The summed E-state index contributed by atoms with van der Waals surface area (Å²) >= 11 is 0. The maximum Gasteiger partial charge on any atom is 0.223 e. The van der Waals surface area contributed by atoms with Crippen LogP contribution in [-0.4, -0.2) is 58.5 Å². The van der Waals surface area contributed by atoms with E-state index in [1.54, 1.807) is 12.1 Å². The van der Waals surface area contributed by atoms with Gasteiger partial charge in [-0.15, -0.1) is 0 Å². The molecular weight excluding hydrogens is 326 g/mol. The van der Waals surface area contributed by atoms with Gasteiger partial charge in [-0.05, 0) is 30.0 Å².